The van der Waals surface area contributed by atoms with E-state index in [0.29, 0.717) is 12.3 Å². The smallest absolute Gasteiger partial charge is 0.409 e. The normalized spacial score (nSPS) is 18.9. The van der Waals surface area contributed by atoms with Crippen LogP contribution in [0.2, 0.25) is 0 Å². The second kappa shape index (κ2) is 4.59. The lowest BCUT2D eigenvalue weighted by Gasteiger charge is -2.40. The molecule has 23 heavy (non-hydrogen) atoms. The van der Waals surface area contributed by atoms with Crippen molar-refractivity contribution in [1.82, 2.24) is 4.90 Å². The van der Waals surface area contributed by atoms with E-state index in [1.807, 2.05) is 35.2 Å². The Morgan fingerprint density at radius 3 is 2.70 bits per heavy atom. The van der Waals surface area contributed by atoms with Crippen LogP contribution < -0.4 is 4.74 Å². The largest absolute Gasteiger partial charge is 0.416 e. The topological polar surface area (TPSA) is 29.5 Å². The Kier molecular flexibility index (Phi) is 2.54. The number of nitrogens with zero attached hydrogens (tertiary/aromatic N) is 1. The fraction of sp³-hybridized carbons (Fsp3) is 0.150. The van der Waals surface area contributed by atoms with Gasteiger partial charge in [0.2, 0.25) is 0 Å². The lowest BCUT2D eigenvalue weighted by molar-refractivity contribution is 0.123. The van der Waals surface area contributed by atoms with Gasteiger partial charge in [0.05, 0.1) is 6.04 Å². The molecular weight excluding hydrogens is 286 g/mol. The highest BCUT2D eigenvalue weighted by Crippen LogP contribution is 2.45. The van der Waals surface area contributed by atoms with Gasteiger partial charge in [-0.15, -0.1) is 0 Å². The Morgan fingerprint density at radius 1 is 0.913 bits per heavy atom. The summed E-state index contributed by atoms with van der Waals surface area (Å²) in [7, 11) is 0. The van der Waals surface area contributed by atoms with Gasteiger partial charge in [-0.2, -0.15) is 0 Å². The van der Waals surface area contributed by atoms with Crippen molar-refractivity contribution in [2.45, 2.75) is 12.5 Å². The molecule has 112 valence electrons. The summed E-state index contributed by atoms with van der Waals surface area (Å²) in [6.45, 7) is 0.701. The van der Waals surface area contributed by atoms with Crippen molar-refractivity contribution >= 4 is 16.9 Å². The molecule has 0 saturated carbocycles. The standard InChI is InChI=1S/C20H15NO2/c22-20-21-12-11-14-6-1-3-7-15(14)18(21)17-10-9-13-5-2-4-8-16(13)19(17)23-20/h1-10,18H,11-12H2. The number of carbonyl (C=O) groups is 1. The van der Waals surface area contributed by atoms with Crippen LogP contribution in [-0.2, 0) is 6.42 Å². The van der Waals surface area contributed by atoms with E-state index in [4.69, 9.17) is 4.74 Å². The summed E-state index contributed by atoms with van der Waals surface area (Å²) in [5.74, 6) is 0.714. The predicted molar refractivity (Wildman–Crippen MR) is 88.7 cm³/mol. The average molecular weight is 301 g/mol. The summed E-state index contributed by atoms with van der Waals surface area (Å²) < 4.78 is 5.72. The van der Waals surface area contributed by atoms with Crippen LogP contribution in [0.1, 0.15) is 22.7 Å². The molecule has 0 saturated heterocycles. The zero-order valence-corrected chi connectivity index (χ0v) is 12.5. The van der Waals surface area contributed by atoms with Crippen LogP contribution in [-0.4, -0.2) is 17.5 Å². The maximum absolute atomic E-state index is 12.5. The van der Waals surface area contributed by atoms with Crippen LogP contribution in [0.3, 0.4) is 0 Å². The molecule has 0 spiro atoms. The van der Waals surface area contributed by atoms with Crippen LogP contribution >= 0.6 is 0 Å². The minimum atomic E-state index is -0.242. The van der Waals surface area contributed by atoms with Crippen LogP contribution in [0.15, 0.2) is 60.7 Å². The van der Waals surface area contributed by atoms with Crippen molar-refractivity contribution in [2.75, 3.05) is 6.54 Å². The molecule has 0 fully saturated rings. The zero-order valence-electron chi connectivity index (χ0n) is 12.5. The van der Waals surface area contributed by atoms with E-state index in [1.165, 1.54) is 11.1 Å². The SMILES string of the molecule is O=C1Oc2c(ccc3ccccc23)C2c3ccccc3CCN12. The summed E-state index contributed by atoms with van der Waals surface area (Å²) in [6.07, 6.45) is 0.637. The highest BCUT2D eigenvalue weighted by atomic mass is 16.6. The molecule has 0 aliphatic carbocycles. The number of amides is 1. The molecule has 0 bridgehead atoms. The molecule has 2 aliphatic heterocycles. The van der Waals surface area contributed by atoms with E-state index < -0.39 is 0 Å². The van der Waals surface area contributed by atoms with Crippen LogP contribution in [0, 0.1) is 0 Å². The molecule has 0 radical (unpaired) electrons. The molecule has 1 unspecified atom stereocenters. The van der Waals surface area contributed by atoms with Crippen molar-refractivity contribution < 1.29 is 9.53 Å². The molecule has 3 aromatic rings. The molecule has 2 aliphatic rings. The molecule has 5 rings (SSSR count). The first kappa shape index (κ1) is 12.7. The summed E-state index contributed by atoms with van der Waals surface area (Å²) in [6, 6.07) is 20.6. The van der Waals surface area contributed by atoms with Crippen LogP contribution in [0.4, 0.5) is 4.79 Å². The predicted octanol–water partition coefficient (Wildman–Crippen LogP) is 4.30. The number of fused-ring (bicyclic) bond motifs is 7. The molecule has 0 N–H and O–H groups in total. The lowest BCUT2D eigenvalue weighted by Crippen LogP contribution is -2.45. The van der Waals surface area contributed by atoms with Gasteiger partial charge < -0.3 is 4.74 Å². The highest BCUT2D eigenvalue weighted by Gasteiger charge is 2.39. The minimum Gasteiger partial charge on any atom is -0.409 e. The first-order valence-corrected chi connectivity index (χ1v) is 7.91. The van der Waals surface area contributed by atoms with Crippen molar-refractivity contribution in [3.63, 3.8) is 0 Å². The molecule has 0 aromatic heterocycles. The minimum absolute atomic E-state index is 0.0409. The van der Waals surface area contributed by atoms with Crippen molar-refractivity contribution in [3.05, 3.63) is 77.4 Å². The first-order chi connectivity index (χ1) is 11.3. The van der Waals surface area contributed by atoms with Crippen molar-refractivity contribution in [1.29, 1.82) is 0 Å². The first-order valence-electron chi connectivity index (χ1n) is 7.91. The Labute approximate surface area is 134 Å². The molecule has 1 amide bonds. The van der Waals surface area contributed by atoms with E-state index in [9.17, 15) is 4.79 Å². The van der Waals surface area contributed by atoms with E-state index in [0.717, 1.165) is 22.8 Å². The zero-order chi connectivity index (χ0) is 15.4. The molecule has 2 heterocycles. The number of carbonyl (C=O) groups excluding carboxylic acids is 1. The third-order valence-electron chi connectivity index (χ3n) is 4.91. The van der Waals surface area contributed by atoms with Gasteiger partial charge in [-0.25, -0.2) is 4.79 Å². The second-order valence-electron chi connectivity index (χ2n) is 6.12. The van der Waals surface area contributed by atoms with Crippen LogP contribution in [0.25, 0.3) is 10.8 Å². The van der Waals surface area contributed by atoms with E-state index >= 15 is 0 Å². The van der Waals surface area contributed by atoms with Crippen molar-refractivity contribution in [2.24, 2.45) is 0 Å². The van der Waals surface area contributed by atoms with Gasteiger partial charge in [-0.3, -0.25) is 4.90 Å². The van der Waals surface area contributed by atoms with Gasteiger partial charge in [0.15, 0.2) is 0 Å². The monoisotopic (exact) mass is 301 g/mol. The molecular formula is C20H15NO2. The average Bonchev–Trinajstić information content (AvgIpc) is 2.61. The lowest BCUT2D eigenvalue weighted by atomic mass is 9.86. The number of hydrogen-bond acceptors (Lipinski definition) is 2. The Bertz CT molecular complexity index is 947. The maximum atomic E-state index is 12.5. The summed E-state index contributed by atoms with van der Waals surface area (Å²) in [5, 5.41) is 2.10. The summed E-state index contributed by atoms with van der Waals surface area (Å²) in [4.78, 5) is 14.4. The number of ether oxygens (including phenoxy) is 1. The Balaban J connectivity index is 1.81. The van der Waals surface area contributed by atoms with E-state index in [1.54, 1.807) is 0 Å². The molecule has 3 heteroatoms. The maximum Gasteiger partial charge on any atom is 0.416 e. The summed E-state index contributed by atoms with van der Waals surface area (Å²) >= 11 is 0. The van der Waals surface area contributed by atoms with Gasteiger partial charge in [0, 0.05) is 17.5 Å². The molecule has 3 nitrogen and oxygen atoms in total. The number of benzene rings is 3. The highest BCUT2D eigenvalue weighted by molar-refractivity contribution is 5.93. The van der Waals surface area contributed by atoms with E-state index in [2.05, 4.69) is 30.3 Å². The second-order valence-corrected chi connectivity index (χ2v) is 6.12. The Hall–Kier alpha value is -2.81. The Morgan fingerprint density at radius 2 is 1.74 bits per heavy atom. The van der Waals surface area contributed by atoms with Gasteiger partial charge >= 0.3 is 6.09 Å². The van der Waals surface area contributed by atoms with Gasteiger partial charge in [-0.1, -0.05) is 60.7 Å². The number of hydrogen-bond donors (Lipinski definition) is 0. The molecule has 1 atom stereocenters. The van der Waals surface area contributed by atoms with Crippen LogP contribution in [0.5, 0.6) is 5.75 Å². The quantitative estimate of drug-likeness (QED) is 0.619. The fourth-order valence-corrected chi connectivity index (χ4v) is 3.83. The van der Waals surface area contributed by atoms with Gasteiger partial charge in [0.1, 0.15) is 5.75 Å². The van der Waals surface area contributed by atoms with Gasteiger partial charge in [0.25, 0.3) is 0 Å². The van der Waals surface area contributed by atoms with Gasteiger partial charge in [-0.05, 0) is 22.9 Å². The number of rotatable bonds is 0. The fourth-order valence-electron chi connectivity index (χ4n) is 3.83. The third kappa shape index (κ3) is 1.73. The van der Waals surface area contributed by atoms with Crippen molar-refractivity contribution in [3.8, 4) is 5.75 Å². The van der Waals surface area contributed by atoms with E-state index in [-0.39, 0.29) is 12.1 Å². The molecule has 3 aromatic carbocycles. The third-order valence-corrected chi connectivity index (χ3v) is 4.91. The summed E-state index contributed by atoms with van der Waals surface area (Å²) in [5.41, 5.74) is 3.62.